The number of nitrogens with zero attached hydrogens (tertiary/aromatic N) is 2. The summed E-state index contributed by atoms with van der Waals surface area (Å²) in [4.78, 5) is 41.0. The van der Waals surface area contributed by atoms with Crippen molar-refractivity contribution < 1.29 is 14.4 Å². The maximum Gasteiger partial charge on any atom is 0.237 e. The van der Waals surface area contributed by atoms with E-state index in [9.17, 15) is 14.4 Å². The van der Waals surface area contributed by atoms with Gasteiger partial charge in [-0.2, -0.15) is 0 Å². The number of carbonyl (C=O) groups excluding carboxylic acids is 3. The molecule has 1 N–H and O–H groups in total. The molecule has 152 valence electrons. The molecule has 1 atom stereocenters. The van der Waals surface area contributed by atoms with Gasteiger partial charge in [0.05, 0.1) is 6.04 Å². The number of piperazine rings is 1. The number of carbonyl (C=O) groups is 3. The number of hydrogen-bond donors (Lipinski definition) is 1. The molecule has 28 heavy (non-hydrogen) atoms. The fourth-order valence-electron chi connectivity index (χ4n) is 3.51. The van der Waals surface area contributed by atoms with Crippen molar-refractivity contribution in [3.05, 3.63) is 34.9 Å². The van der Waals surface area contributed by atoms with Crippen LogP contribution in [0, 0.1) is 13.8 Å². The zero-order valence-electron chi connectivity index (χ0n) is 17.2. The summed E-state index contributed by atoms with van der Waals surface area (Å²) >= 11 is 0. The Balaban J connectivity index is 1.42. The SMILES string of the molecule is Cc1ccc(C(=O)CCC(=O)N2CCN(C(C)C(=O)NC3CC3)CC2)cc1C. The van der Waals surface area contributed by atoms with Crippen molar-refractivity contribution in [1.29, 1.82) is 0 Å². The van der Waals surface area contributed by atoms with Gasteiger partial charge in [-0.25, -0.2) is 0 Å². The Hall–Kier alpha value is -2.21. The van der Waals surface area contributed by atoms with Gasteiger partial charge in [0.2, 0.25) is 11.8 Å². The van der Waals surface area contributed by atoms with Crippen molar-refractivity contribution in [3.63, 3.8) is 0 Å². The van der Waals surface area contributed by atoms with Crippen molar-refractivity contribution >= 4 is 17.6 Å². The molecular formula is C22H31N3O3. The molecule has 2 amide bonds. The number of benzene rings is 1. The lowest BCUT2D eigenvalue weighted by atomic mass is 10.0. The molecule has 0 aromatic heterocycles. The van der Waals surface area contributed by atoms with E-state index in [0.29, 0.717) is 37.8 Å². The van der Waals surface area contributed by atoms with E-state index in [1.54, 1.807) is 0 Å². The Morgan fingerprint density at radius 2 is 1.71 bits per heavy atom. The van der Waals surface area contributed by atoms with Crippen molar-refractivity contribution in [3.8, 4) is 0 Å². The predicted octanol–water partition coefficient (Wildman–Crippen LogP) is 2.08. The summed E-state index contributed by atoms with van der Waals surface area (Å²) < 4.78 is 0. The number of aryl methyl sites for hydroxylation is 2. The number of amides is 2. The molecule has 3 rings (SSSR count). The first-order valence-electron chi connectivity index (χ1n) is 10.3. The second kappa shape index (κ2) is 8.86. The van der Waals surface area contributed by atoms with Gasteiger partial charge in [-0.05, 0) is 50.8 Å². The summed E-state index contributed by atoms with van der Waals surface area (Å²) in [6.07, 6.45) is 2.65. The fraction of sp³-hybridized carbons (Fsp3) is 0.591. The summed E-state index contributed by atoms with van der Waals surface area (Å²) in [5.41, 5.74) is 2.93. The van der Waals surface area contributed by atoms with Gasteiger partial charge < -0.3 is 10.2 Å². The number of nitrogens with one attached hydrogen (secondary N) is 1. The Labute approximate surface area is 167 Å². The number of rotatable bonds is 7. The lowest BCUT2D eigenvalue weighted by molar-refractivity contribution is -0.134. The van der Waals surface area contributed by atoms with Gasteiger partial charge in [0, 0.05) is 50.6 Å². The van der Waals surface area contributed by atoms with E-state index in [1.165, 1.54) is 0 Å². The highest BCUT2D eigenvalue weighted by Gasteiger charge is 2.30. The second-order valence-electron chi connectivity index (χ2n) is 8.10. The molecule has 1 saturated heterocycles. The highest BCUT2D eigenvalue weighted by molar-refractivity contribution is 5.98. The summed E-state index contributed by atoms with van der Waals surface area (Å²) in [7, 11) is 0. The molecule has 1 aliphatic carbocycles. The molecule has 0 bridgehead atoms. The Morgan fingerprint density at radius 1 is 1.04 bits per heavy atom. The molecule has 1 aromatic carbocycles. The second-order valence-corrected chi connectivity index (χ2v) is 8.10. The molecule has 1 aromatic rings. The van der Waals surface area contributed by atoms with Crippen LogP contribution >= 0.6 is 0 Å². The van der Waals surface area contributed by atoms with Crippen LogP contribution in [0.1, 0.15) is 54.1 Å². The highest BCUT2D eigenvalue weighted by Crippen LogP contribution is 2.19. The predicted molar refractivity (Wildman–Crippen MR) is 108 cm³/mol. The minimum Gasteiger partial charge on any atom is -0.352 e. The van der Waals surface area contributed by atoms with E-state index >= 15 is 0 Å². The third-order valence-electron chi connectivity index (χ3n) is 5.91. The first-order chi connectivity index (χ1) is 13.3. The molecule has 2 aliphatic rings. The monoisotopic (exact) mass is 385 g/mol. The molecule has 1 saturated carbocycles. The molecule has 6 heteroatoms. The van der Waals surface area contributed by atoms with E-state index in [0.717, 1.165) is 24.0 Å². The largest absolute Gasteiger partial charge is 0.352 e. The third kappa shape index (κ3) is 5.19. The van der Waals surface area contributed by atoms with Crippen LogP contribution in [0.2, 0.25) is 0 Å². The summed E-state index contributed by atoms with van der Waals surface area (Å²) in [6.45, 7) is 8.53. The van der Waals surface area contributed by atoms with Crippen LogP contribution in [0.5, 0.6) is 0 Å². The van der Waals surface area contributed by atoms with E-state index in [-0.39, 0.29) is 36.5 Å². The topological polar surface area (TPSA) is 69.7 Å². The van der Waals surface area contributed by atoms with Crippen LogP contribution in [0.15, 0.2) is 18.2 Å². The highest BCUT2D eigenvalue weighted by atomic mass is 16.2. The summed E-state index contributed by atoms with van der Waals surface area (Å²) in [5, 5.41) is 3.04. The average molecular weight is 386 g/mol. The van der Waals surface area contributed by atoms with Crippen LogP contribution in [-0.4, -0.2) is 65.7 Å². The van der Waals surface area contributed by atoms with Crippen LogP contribution in [0.3, 0.4) is 0 Å². The smallest absolute Gasteiger partial charge is 0.237 e. The summed E-state index contributed by atoms with van der Waals surface area (Å²) in [5.74, 6) is 0.119. The van der Waals surface area contributed by atoms with Crippen LogP contribution in [-0.2, 0) is 9.59 Å². The molecule has 1 aliphatic heterocycles. The Kier molecular flexibility index (Phi) is 6.50. The van der Waals surface area contributed by atoms with E-state index in [1.807, 2.05) is 43.9 Å². The first kappa shape index (κ1) is 20.5. The van der Waals surface area contributed by atoms with E-state index in [2.05, 4.69) is 10.2 Å². The molecule has 1 heterocycles. The van der Waals surface area contributed by atoms with Gasteiger partial charge in [-0.3, -0.25) is 19.3 Å². The normalized spacial score (nSPS) is 18.6. The fourth-order valence-corrected chi connectivity index (χ4v) is 3.51. The molecule has 2 fully saturated rings. The van der Waals surface area contributed by atoms with Crippen molar-refractivity contribution in [1.82, 2.24) is 15.1 Å². The lowest BCUT2D eigenvalue weighted by Crippen LogP contribution is -2.55. The van der Waals surface area contributed by atoms with Crippen molar-refractivity contribution in [2.75, 3.05) is 26.2 Å². The van der Waals surface area contributed by atoms with Gasteiger partial charge in [-0.15, -0.1) is 0 Å². The number of ketones is 1. The average Bonchev–Trinajstić information content (AvgIpc) is 3.51. The van der Waals surface area contributed by atoms with Gasteiger partial charge in [0.25, 0.3) is 0 Å². The number of hydrogen-bond acceptors (Lipinski definition) is 4. The zero-order chi connectivity index (χ0) is 20.3. The van der Waals surface area contributed by atoms with Gasteiger partial charge >= 0.3 is 0 Å². The summed E-state index contributed by atoms with van der Waals surface area (Å²) in [6, 6.07) is 5.89. The minimum absolute atomic E-state index is 0.0143. The third-order valence-corrected chi connectivity index (χ3v) is 5.91. The zero-order valence-corrected chi connectivity index (χ0v) is 17.2. The Bertz CT molecular complexity index is 749. The molecule has 0 radical (unpaired) electrons. The first-order valence-corrected chi connectivity index (χ1v) is 10.3. The lowest BCUT2D eigenvalue weighted by Gasteiger charge is -2.37. The molecular weight excluding hydrogens is 354 g/mol. The van der Waals surface area contributed by atoms with Gasteiger partial charge in [0.15, 0.2) is 5.78 Å². The standard InChI is InChI=1S/C22H31N3O3/c1-15-4-5-18(14-16(15)2)20(26)8-9-21(27)25-12-10-24(11-13-25)17(3)22(28)23-19-6-7-19/h4-5,14,17,19H,6-13H2,1-3H3,(H,23,28). The Morgan fingerprint density at radius 3 is 2.32 bits per heavy atom. The maximum atomic E-state index is 12.5. The van der Waals surface area contributed by atoms with E-state index in [4.69, 9.17) is 0 Å². The molecule has 6 nitrogen and oxygen atoms in total. The van der Waals surface area contributed by atoms with Gasteiger partial charge in [0.1, 0.15) is 0 Å². The quantitative estimate of drug-likeness (QED) is 0.730. The molecule has 0 spiro atoms. The number of Topliss-reactive ketones (excluding diaryl/α,β-unsaturated/α-hetero) is 1. The van der Waals surface area contributed by atoms with Crippen LogP contribution < -0.4 is 5.32 Å². The maximum absolute atomic E-state index is 12.5. The van der Waals surface area contributed by atoms with Crippen molar-refractivity contribution in [2.24, 2.45) is 0 Å². The van der Waals surface area contributed by atoms with Crippen LogP contribution in [0.25, 0.3) is 0 Å². The van der Waals surface area contributed by atoms with Crippen molar-refractivity contribution in [2.45, 2.75) is 58.5 Å². The van der Waals surface area contributed by atoms with E-state index < -0.39 is 0 Å². The van der Waals surface area contributed by atoms with Crippen LogP contribution in [0.4, 0.5) is 0 Å². The molecule has 1 unspecified atom stereocenters. The van der Waals surface area contributed by atoms with Gasteiger partial charge in [-0.1, -0.05) is 12.1 Å². The minimum atomic E-state index is -0.163.